The summed E-state index contributed by atoms with van der Waals surface area (Å²) < 4.78 is 0. The maximum atomic E-state index is 0. The predicted molar refractivity (Wildman–Crippen MR) is 11.3 cm³/mol. The van der Waals surface area contributed by atoms with Gasteiger partial charge in [0.1, 0.15) is 0 Å². The van der Waals surface area contributed by atoms with E-state index in [2.05, 4.69) is 0 Å². The van der Waals surface area contributed by atoms with E-state index >= 15 is 0 Å². The summed E-state index contributed by atoms with van der Waals surface area (Å²) >= 11 is 0. The molecule has 0 radical (unpaired) electrons. The van der Waals surface area contributed by atoms with Crippen LogP contribution in [0.4, 0.5) is 0 Å². The summed E-state index contributed by atoms with van der Waals surface area (Å²) in [5.41, 5.74) is 0. The van der Waals surface area contributed by atoms with Crippen LogP contribution in [-0.2, 0) is 60.5 Å². The van der Waals surface area contributed by atoms with Crippen molar-refractivity contribution in [1.82, 2.24) is 0 Å². The Hall–Kier alpha value is 2.16. The van der Waals surface area contributed by atoms with Crippen molar-refractivity contribution < 1.29 is 60.5 Å². The van der Waals surface area contributed by atoms with Crippen LogP contribution in [-0.4, -0.2) is 11.0 Å². The minimum Gasteiger partial charge on any atom is -0.0149 e. The van der Waals surface area contributed by atoms with Crippen LogP contribution in [0.15, 0.2) is 0 Å². The standard InChI is InChI=1S/Fe.H4Si.2Ti/h;1H4;;. The molecule has 0 atom stereocenters. The van der Waals surface area contributed by atoms with Crippen molar-refractivity contribution in [3.8, 4) is 0 Å². The maximum Gasteiger partial charge on any atom is 0 e. The Kier molecular flexibility index (Phi) is 168. The summed E-state index contributed by atoms with van der Waals surface area (Å²) in [5.74, 6) is 0. The summed E-state index contributed by atoms with van der Waals surface area (Å²) in [6, 6.07) is 0. The molecule has 0 fully saturated rings. The Balaban J connectivity index is 0. The van der Waals surface area contributed by atoms with Crippen molar-refractivity contribution in [2.75, 3.05) is 0 Å². The molecule has 0 aliphatic rings. The van der Waals surface area contributed by atoms with Gasteiger partial charge in [0.2, 0.25) is 0 Å². The Morgan fingerprint density at radius 2 is 0.750 bits per heavy atom. The van der Waals surface area contributed by atoms with E-state index in [4.69, 9.17) is 0 Å². The third-order valence-electron chi connectivity index (χ3n) is 0. The molecular formula is H4FeSiTi2. The van der Waals surface area contributed by atoms with E-state index in [1.807, 2.05) is 0 Å². The summed E-state index contributed by atoms with van der Waals surface area (Å²) in [7, 11) is 0. The molecule has 0 bridgehead atoms. The van der Waals surface area contributed by atoms with E-state index in [0.717, 1.165) is 0 Å². The first-order chi connectivity index (χ1) is 0. The van der Waals surface area contributed by atoms with Crippen LogP contribution in [0.2, 0.25) is 0 Å². The molecule has 0 aliphatic carbocycles. The van der Waals surface area contributed by atoms with Gasteiger partial charge in [-0.3, -0.25) is 0 Å². The smallest absolute Gasteiger partial charge is 0 e. The van der Waals surface area contributed by atoms with Crippen LogP contribution < -0.4 is 0 Å². The topological polar surface area (TPSA) is 0 Å². The van der Waals surface area contributed by atoms with Crippen molar-refractivity contribution in [2.45, 2.75) is 0 Å². The fourth-order valence-corrected chi connectivity index (χ4v) is 0. The SMILES string of the molecule is [Fe].[SiH4].[Ti].[Ti]. The average Bonchev–Trinajstić information content (AvgIpc) is 0. The molecule has 0 aromatic heterocycles. The maximum absolute atomic E-state index is 0. The molecule has 0 rings (SSSR count). The zero-order valence-corrected chi connectivity index (χ0v) is 5.58. The molecule has 24 valence electrons. The van der Waals surface area contributed by atoms with Gasteiger partial charge in [-0.2, -0.15) is 0 Å². The van der Waals surface area contributed by atoms with E-state index in [9.17, 15) is 0 Å². The number of hydrogen-bond donors (Lipinski definition) is 0. The largest absolute Gasteiger partial charge is 0.0149 e. The third kappa shape index (κ3) is 8.90. The molecule has 0 saturated heterocycles. The molecule has 0 N–H and O–H groups in total. The number of rotatable bonds is 0. The van der Waals surface area contributed by atoms with Gasteiger partial charge in [0.25, 0.3) is 0 Å². The molecule has 0 heterocycles. The van der Waals surface area contributed by atoms with Crippen LogP contribution in [0.25, 0.3) is 0 Å². The first-order valence-corrected chi connectivity index (χ1v) is 0. The summed E-state index contributed by atoms with van der Waals surface area (Å²) in [5, 5.41) is 0. The summed E-state index contributed by atoms with van der Waals surface area (Å²) in [6.45, 7) is 0. The van der Waals surface area contributed by atoms with Gasteiger partial charge in [-0.25, -0.2) is 0 Å². The normalized spacial score (nSPS) is 0. The Bertz CT molecular complexity index is 6.00. The van der Waals surface area contributed by atoms with Crippen molar-refractivity contribution in [2.24, 2.45) is 0 Å². The fourth-order valence-electron chi connectivity index (χ4n) is 0. The molecule has 0 spiro atoms. The summed E-state index contributed by atoms with van der Waals surface area (Å²) in [4.78, 5) is 0. The van der Waals surface area contributed by atoms with Gasteiger partial charge in [-0.15, -0.1) is 0 Å². The molecule has 4 heteroatoms. The minimum absolute atomic E-state index is 0. The van der Waals surface area contributed by atoms with Crippen LogP contribution in [0, 0.1) is 0 Å². The van der Waals surface area contributed by atoms with E-state index in [-0.39, 0.29) is 71.5 Å². The van der Waals surface area contributed by atoms with Gasteiger partial charge in [0, 0.05) is 60.5 Å². The second kappa shape index (κ2) is 19.1. The average molecular weight is 184 g/mol. The molecule has 0 aliphatic heterocycles. The van der Waals surface area contributed by atoms with E-state index in [1.165, 1.54) is 0 Å². The second-order valence-corrected chi connectivity index (χ2v) is 0. The Labute approximate surface area is 70.7 Å². The van der Waals surface area contributed by atoms with Gasteiger partial charge in [-0.1, -0.05) is 0 Å². The van der Waals surface area contributed by atoms with Crippen molar-refractivity contribution >= 4 is 11.0 Å². The molecule has 0 nitrogen and oxygen atoms in total. The van der Waals surface area contributed by atoms with Gasteiger partial charge in [0.15, 0.2) is 0 Å². The second-order valence-electron chi connectivity index (χ2n) is 0. The molecule has 0 aromatic rings. The van der Waals surface area contributed by atoms with Crippen molar-refractivity contribution in [3.63, 3.8) is 0 Å². The van der Waals surface area contributed by atoms with Gasteiger partial charge >= 0.3 is 0 Å². The van der Waals surface area contributed by atoms with Crippen LogP contribution in [0.3, 0.4) is 0 Å². The van der Waals surface area contributed by atoms with Crippen molar-refractivity contribution in [3.05, 3.63) is 0 Å². The first-order valence-electron chi connectivity index (χ1n) is 0. The molecule has 0 amide bonds. The van der Waals surface area contributed by atoms with Crippen LogP contribution in [0.1, 0.15) is 0 Å². The zero-order valence-electron chi connectivity index (χ0n) is 1.35. The Morgan fingerprint density at radius 1 is 0.750 bits per heavy atom. The van der Waals surface area contributed by atoms with Gasteiger partial charge in [0.05, 0.1) is 0 Å². The van der Waals surface area contributed by atoms with Crippen LogP contribution in [0.5, 0.6) is 0 Å². The van der Waals surface area contributed by atoms with Gasteiger partial charge < -0.3 is 0 Å². The van der Waals surface area contributed by atoms with E-state index < -0.39 is 0 Å². The van der Waals surface area contributed by atoms with E-state index in [0.29, 0.717) is 0 Å². The van der Waals surface area contributed by atoms with Crippen LogP contribution >= 0.6 is 0 Å². The van der Waals surface area contributed by atoms with Crippen molar-refractivity contribution in [1.29, 1.82) is 0 Å². The third-order valence-corrected chi connectivity index (χ3v) is 0. The minimum atomic E-state index is 0. The Morgan fingerprint density at radius 3 is 0.750 bits per heavy atom. The predicted octanol–water partition coefficient (Wildman–Crippen LogP) is -1.46. The molecule has 0 unspecified atom stereocenters. The number of hydrogen-bond acceptors (Lipinski definition) is 0. The molecule has 4 heavy (non-hydrogen) atoms. The molecule has 0 aromatic carbocycles. The molecule has 0 saturated carbocycles. The first kappa shape index (κ1) is 35.1. The van der Waals surface area contributed by atoms with Gasteiger partial charge in [-0.05, 0) is 11.0 Å². The van der Waals surface area contributed by atoms with E-state index in [1.54, 1.807) is 0 Å². The fraction of sp³-hybridized carbons (Fsp3) is 0. The monoisotopic (exact) mass is 184 g/mol. The molecular weight excluding hydrogens is 180 g/mol. The summed E-state index contributed by atoms with van der Waals surface area (Å²) in [6.07, 6.45) is 0. The quantitative estimate of drug-likeness (QED) is 0.403. The zero-order chi connectivity index (χ0) is 0.